The van der Waals surface area contributed by atoms with Crippen LogP contribution in [0.1, 0.15) is 0 Å². The lowest BCUT2D eigenvalue weighted by atomic mass is 10.3. The average Bonchev–Trinajstić information content (AvgIpc) is 3.24. The molecule has 168 valence electrons. The van der Waals surface area contributed by atoms with Crippen LogP contribution in [0.5, 0.6) is 5.75 Å². The van der Waals surface area contributed by atoms with Crippen LogP contribution in [0.3, 0.4) is 0 Å². The highest BCUT2D eigenvalue weighted by Crippen LogP contribution is 2.31. The van der Waals surface area contributed by atoms with Gasteiger partial charge in [-0.3, -0.25) is 9.59 Å². The van der Waals surface area contributed by atoms with Gasteiger partial charge in [0.15, 0.2) is 10.9 Å². The summed E-state index contributed by atoms with van der Waals surface area (Å²) in [5, 5.41) is 3.44. The number of anilines is 2. The predicted octanol–water partition coefficient (Wildman–Crippen LogP) is 5.72. The Morgan fingerprint density at radius 3 is 2.61 bits per heavy atom. The number of para-hydroxylation sites is 1. The Bertz CT molecular complexity index is 1260. The molecule has 33 heavy (non-hydrogen) atoms. The van der Waals surface area contributed by atoms with Crippen molar-refractivity contribution in [1.82, 2.24) is 4.98 Å². The maximum atomic E-state index is 12.5. The van der Waals surface area contributed by atoms with Crippen molar-refractivity contribution in [3.05, 3.63) is 77.8 Å². The zero-order valence-electron chi connectivity index (χ0n) is 17.7. The molecule has 6 nitrogen and oxygen atoms in total. The van der Waals surface area contributed by atoms with E-state index < -0.39 is 0 Å². The monoisotopic (exact) mass is 497 g/mol. The number of nitrogens with one attached hydrogen (secondary N) is 1. The van der Waals surface area contributed by atoms with Gasteiger partial charge in [0.05, 0.1) is 16.0 Å². The fourth-order valence-electron chi connectivity index (χ4n) is 2.94. The SMILES string of the molecule is CN(C(=O)CSc1nc2ccc(NC(=O)COc3ccc(Cl)cc3)cc2s1)c1ccccc1. The van der Waals surface area contributed by atoms with Crippen LogP contribution in [-0.4, -0.2) is 36.2 Å². The number of aromatic nitrogens is 1. The van der Waals surface area contributed by atoms with Gasteiger partial charge in [-0.25, -0.2) is 4.98 Å². The van der Waals surface area contributed by atoms with Crippen LogP contribution in [0.25, 0.3) is 10.2 Å². The predicted molar refractivity (Wildman–Crippen MR) is 136 cm³/mol. The fourth-order valence-corrected chi connectivity index (χ4v) is 5.08. The zero-order valence-corrected chi connectivity index (χ0v) is 20.0. The molecule has 4 aromatic rings. The second-order valence-corrected chi connectivity index (χ2v) is 9.72. The maximum absolute atomic E-state index is 12.5. The average molecular weight is 498 g/mol. The largest absolute Gasteiger partial charge is 0.484 e. The van der Waals surface area contributed by atoms with Gasteiger partial charge in [0.1, 0.15) is 5.75 Å². The summed E-state index contributed by atoms with van der Waals surface area (Å²) in [4.78, 5) is 31.0. The van der Waals surface area contributed by atoms with E-state index in [0.717, 1.165) is 20.2 Å². The van der Waals surface area contributed by atoms with Crippen molar-refractivity contribution in [3.63, 3.8) is 0 Å². The summed E-state index contributed by atoms with van der Waals surface area (Å²) in [7, 11) is 1.77. The number of thioether (sulfide) groups is 1. The Labute approximate surface area is 204 Å². The van der Waals surface area contributed by atoms with Crippen molar-refractivity contribution in [1.29, 1.82) is 0 Å². The maximum Gasteiger partial charge on any atom is 0.262 e. The van der Waals surface area contributed by atoms with E-state index in [0.29, 0.717) is 16.5 Å². The highest BCUT2D eigenvalue weighted by atomic mass is 35.5. The number of benzene rings is 3. The number of carbonyl (C=O) groups is 2. The number of thiazole rings is 1. The Morgan fingerprint density at radius 1 is 1.09 bits per heavy atom. The van der Waals surface area contributed by atoms with Crippen molar-refractivity contribution >= 4 is 68.1 Å². The molecule has 1 N–H and O–H groups in total. The lowest BCUT2D eigenvalue weighted by molar-refractivity contribution is -0.118. The third-order valence-corrected chi connectivity index (χ3v) is 7.07. The number of hydrogen-bond acceptors (Lipinski definition) is 6. The Balaban J connectivity index is 1.32. The molecule has 1 aromatic heterocycles. The Morgan fingerprint density at radius 2 is 1.85 bits per heavy atom. The number of ether oxygens (including phenoxy) is 1. The molecule has 0 aliphatic heterocycles. The van der Waals surface area contributed by atoms with Crippen LogP contribution in [0.4, 0.5) is 11.4 Å². The van der Waals surface area contributed by atoms with E-state index in [9.17, 15) is 9.59 Å². The molecular weight excluding hydrogens is 478 g/mol. The summed E-state index contributed by atoms with van der Waals surface area (Å²) in [6.07, 6.45) is 0. The highest BCUT2D eigenvalue weighted by molar-refractivity contribution is 8.01. The molecular formula is C24H20ClN3O3S2. The van der Waals surface area contributed by atoms with Crippen molar-refractivity contribution in [2.45, 2.75) is 4.34 Å². The van der Waals surface area contributed by atoms with Gasteiger partial charge < -0.3 is 15.0 Å². The van der Waals surface area contributed by atoms with Crippen molar-refractivity contribution < 1.29 is 14.3 Å². The van der Waals surface area contributed by atoms with Gasteiger partial charge in [-0.15, -0.1) is 11.3 Å². The van der Waals surface area contributed by atoms with E-state index in [4.69, 9.17) is 16.3 Å². The second-order valence-electron chi connectivity index (χ2n) is 7.03. The molecule has 0 spiro atoms. The van der Waals surface area contributed by atoms with Gasteiger partial charge in [-0.2, -0.15) is 0 Å². The molecule has 3 aromatic carbocycles. The lowest BCUT2D eigenvalue weighted by Crippen LogP contribution is -2.27. The first-order valence-electron chi connectivity index (χ1n) is 10.0. The minimum atomic E-state index is -0.266. The van der Waals surface area contributed by atoms with E-state index >= 15 is 0 Å². The molecule has 0 aliphatic carbocycles. The fraction of sp³-hybridized carbons (Fsp3) is 0.125. The molecule has 0 radical (unpaired) electrons. The molecule has 0 bridgehead atoms. The van der Waals surface area contributed by atoms with Gasteiger partial charge in [0, 0.05) is 23.4 Å². The zero-order chi connectivity index (χ0) is 23.2. The summed E-state index contributed by atoms with van der Waals surface area (Å²) in [6.45, 7) is -0.111. The molecule has 0 saturated heterocycles. The van der Waals surface area contributed by atoms with Crippen molar-refractivity contribution in [3.8, 4) is 5.75 Å². The molecule has 0 fully saturated rings. The van der Waals surface area contributed by atoms with Crippen LogP contribution in [0.2, 0.25) is 5.02 Å². The number of amides is 2. The van der Waals surface area contributed by atoms with Gasteiger partial charge in [0.25, 0.3) is 5.91 Å². The first-order valence-corrected chi connectivity index (χ1v) is 12.2. The van der Waals surface area contributed by atoms with Gasteiger partial charge >= 0.3 is 0 Å². The van der Waals surface area contributed by atoms with Crippen molar-refractivity contribution in [2.24, 2.45) is 0 Å². The van der Waals surface area contributed by atoms with Crippen LogP contribution < -0.4 is 15.0 Å². The molecule has 0 aliphatic rings. The van der Waals surface area contributed by atoms with Gasteiger partial charge in [0.2, 0.25) is 5.91 Å². The first-order chi connectivity index (χ1) is 16.0. The molecule has 0 atom stereocenters. The highest BCUT2D eigenvalue weighted by Gasteiger charge is 2.13. The first kappa shape index (κ1) is 23.1. The van der Waals surface area contributed by atoms with E-state index in [-0.39, 0.29) is 24.2 Å². The number of carbonyl (C=O) groups excluding carboxylic acids is 2. The number of nitrogens with zero attached hydrogens (tertiary/aromatic N) is 2. The quantitative estimate of drug-likeness (QED) is 0.315. The number of rotatable bonds is 8. The third kappa shape index (κ3) is 6.25. The minimum absolute atomic E-state index is 0.000837. The van der Waals surface area contributed by atoms with E-state index in [2.05, 4.69) is 10.3 Å². The van der Waals surface area contributed by atoms with Crippen LogP contribution in [-0.2, 0) is 9.59 Å². The summed E-state index contributed by atoms with van der Waals surface area (Å²) in [5.41, 5.74) is 2.34. The van der Waals surface area contributed by atoms with E-state index in [1.165, 1.54) is 23.1 Å². The normalized spacial score (nSPS) is 10.7. The summed E-state index contributed by atoms with van der Waals surface area (Å²) < 4.78 is 7.20. The van der Waals surface area contributed by atoms with Gasteiger partial charge in [-0.1, -0.05) is 41.6 Å². The van der Waals surface area contributed by atoms with Crippen LogP contribution in [0, 0.1) is 0 Å². The third-order valence-electron chi connectivity index (χ3n) is 4.67. The summed E-state index contributed by atoms with van der Waals surface area (Å²) in [6, 6.07) is 21.9. The minimum Gasteiger partial charge on any atom is -0.484 e. The molecule has 4 rings (SSSR count). The summed E-state index contributed by atoms with van der Waals surface area (Å²) in [5.74, 6) is 0.593. The van der Waals surface area contributed by atoms with Crippen molar-refractivity contribution in [2.75, 3.05) is 29.6 Å². The van der Waals surface area contributed by atoms with E-state index in [1.807, 2.05) is 42.5 Å². The molecule has 9 heteroatoms. The number of fused-ring (bicyclic) bond motifs is 1. The van der Waals surface area contributed by atoms with Crippen LogP contribution in [0.15, 0.2) is 77.1 Å². The summed E-state index contributed by atoms with van der Waals surface area (Å²) >= 11 is 8.74. The van der Waals surface area contributed by atoms with Crippen LogP contribution >= 0.6 is 34.7 Å². The van der Waals surface area contributed by atoms with Gasteiger partial charge in [-0.05, 0) is 54.6 Å². The molecule has 0 unspecified atom stereocenters. The molecule has 1 heterocycles. The number of hydrogen-bond donors (Lipinski definition) is 1. The second kappa shape index (κ2) is 10.7. The number of halogens is 1. The lowest BCUT2D eigenvalue weighted by Gasteiger charge is -2.16. The molecule has 2 amide bonds. The Hall–Kier alpha value is -3.07. The molecule has 0 saturated carbocycles. The smallest absolute Gasteiger partial charge is 0.262 e. The topological polar surface area (TPSA) is 71.5 Å². The standard InChI is InChI=1S/C24H20ClN3O3S2/c1-28(18-5-3-2-4-6-18)23(30)15-32-24-27-20-12-9-17(13-21(20)33-24)26-22(29)14-31-19-10-7-16(25)8-11-19/h2-13H,14-15H2,1H3,(H,26,29). The Kier molecular flexibility index (Phi) is 7.49. The van der Waals surface area contributed by atoms with E-state index in [1.54, 1.807) is 42.3 Å².